The monoisotopic (exact) mass is 276 g/mol. The lowest BCUT2D eigenvalue weighted by Gasteiger charge is -2.22. The van der Waals surface area contributed by atoms with Crippen molar-refractivity contribution in [3.8, 4) is 0 Å². The van der Waals surface area contributed by atoms with Crippen molar-refractivity contribution in [3.05, 3.63) is 52.5 Å². The fraction of sp³-hybridized carbons (Fsp3) is 0.231. The zero-order valence-electron chi connectivity index (χ0n) is 9.65. The van der Waals surface area contributed by atoms with Crippen molar-refractivity contribution in [2.24, 2.45) is 0 Å². The van der Waals surface area contributed by atoms with Gasteiger partial charge in [-0.15, -0.1) is 23.1 Å². The zero-order chi connectivity index (χ0) is 12.4. The molecule has 0 radical (unpaired) electrons. The van der Waals surface area contributed by atoms with E-state index in [1.165, 1.54) is 4.88 Å². The van der Waals surface area contributed by atoms with Gasteiger partial charge in [-0.1, -0.05) is 12.1 Å². The highest BCUT2D eigenvalue weighted by Crippen LogP contribution is 2.41. The second-order valence-electron chi connectivity index (χ2n) is 4.06. The maximum Gasteiger partial charge on any atom is 0.234 e. The number of nitrogens with zero attached hydrogens (tertiary/aromatic N) is 2. The maximum atomic E-state index is 12.0. The van der Waals surface area contributed by atoms with Gasteiger partial charge in [-0.25, -0.2) is 0 Å². The number of aromatic nitrogens is 1. The summed E-state index contributed by atoms with van der Waals surface area (Å²) in [4.78, 5) is 19.3. The topological polar surface area (TPSA) is 33.2 Å². The molecule has 1 fully saturated rings. The molecule has 1 amide bonds. The van der Waals surface area contributed by atoms with E-state index in [2.05, 4.69) is 16.4 Å². The van der Waals surface area contributed by atoms with Crippen molar-refractivity contribution >= 4 is 29.0 Å². The predicted octanol–water partition coefficient (Wildman–Crippen LogP) is 2.92. The summed E-state index contributed by atoms with van der Waals surface area (Å²) in [5.74, 6) is 0.783. The summed E-state index contributed by atoms with van der Waals surface area (Å²) in [6.45, 7) is 0.641. The fourth-order valence-corrected chi connectivity index (χ4v) is 4.15. The Balaban J connectivity index is 1.82. The van der Waals surface area contributed by atoms with E-state index in [0.717, 1.165) is 5.56 Å². The molecular weight excluding hydrogens is 264 g/mol. The van der Waals surface area contributed by atoms with E-state index in [1.54, 1.807) is 29.3 Å². The largest absolute Gasteiger partial charge is 0.321 e. The van der Waals surface area contributed by atoms with Crippen LogP contribution in [0, 0.1) is 0 Å². The number of amides is 1. The van der Waals surface area contributed by atoms with Gasteiger partial charge >= 0.3 is 0 Å². The van der Waals surface area contributed by atoms with Gasteiger partial charge in [0, 0.05) is 23.8 Å². The number of pyridine rings is 1. The van der Waals surface area contributed by atoms with Gasteiger partial charge in [-0.2, -0.15) is 0 Å². The Morgan fingerprint density at radius 1 is 1.39 bits per heavy atom. The summed E-state index contributed by atoms with van der Waals surface area (Å²) < 4.78 is 0. The first-order valence-corrected chi connectivity index (χ1v) is 7.61. The normalized spacial score (nSPS) is 19.4. The molecule has 0 aromatic carbocycles. The first-order chi connectivity index (χ1) is 8.84. The third-order valence-electron chi connectivity index (χ3n) is 2.83. The molecule has 1 aliphatic rings. The average Bonchev–Trinajstić information content (AvgIpc) is 3.02. The van der Waals surface area contributed by atoms with E-state index in [-0.39, 0.29) is 11.3 Å². The van der Waals surface area contributed by atoms with Crippen LogP contribution in [0.5, 0.6) is 0 Å². The average molecular weight is 276 g/mol. The Bertz CT molecular complexity index is 527. The van der Waals surface area contributed by atoms with Crippen molar-refractivity contribution in [2.45, 2.75) is 11.9 Å². The molecule has 1 atom stereocenters. The quantitative estimate of drug-likeness (QED) is 0.864. The molecule has 3 nitrogen and oxygen atoms in total. The summed E-state index contributed by atoms with van der Waals surface area (Å²) in [7, 11) is 0. The van der Waals surface area contributed by atoms with E-state index in [9.17, 15) is 4.79 Å². The highest BCUT2D eigenvalue weighted by Gasteiger charge is 2.33. The molecule has 3 heterocycles. The van der Waals surface area contributed by atoms with Gasteiger partial charge in [0.05, 0.1) is 5.75 Å². The van der Waals surface area contributed by atoms with E-state index < -0.39 is 0 Å². The summed E-state index contributed by atoms with van der Waals surface area (Å²) in [6, 6.07) is 8.04. The first kappa shape index (κ1) is 11.7. The SMILES string of the molecule is O=C1CSC(c2cccs2)N1Cc1cccnc1. The Morgan fingerprint density at radius 3 is 3.06 bits per heavy atom. The summed E-state index contributed by atoms with van der Waals surface area (Å²) in [6.07, 6.45) is 3.57. The van der Waals surface area contributed by atoms with E-state index in [0.29, 0.717) is 12.3 Å². The number of thioether (sulfide) groups is 1. The second kappa shape index (κ2) is 5.12. The van der Waals surface area contributed by atoms with Crippen molar-refractivity contribution in [1.82, 2.24) is 9.88 Å². The number of hydrogen-bond donors (Lipinski definition) is 0. The molecule has 18 heavy (non-hydrogen) atoms. The highest BCUT2D eigenvalue weighted by atomic mass is 32.2. The van der Waals surface area contributed by atoms with Crippen LogP contribution < -0.4 is 0 Å². The second-order valence-corrected chi connectivity index (χ2v) is 6.11. The highest BCUT2D eigenvalue weighted by molar-refractivity contribution is 8.00. The molecule has 0 aliphatic carbocycles. The number of hydrogen-bond acceptors (Lipinski definition) is 4. The minimum absolute atomic E-state index is 0.165. The van der Waals surface area contributed by atoms with Crippen LogP contribution in [0.1, 0.15) is 15.8 Å². The molecule has 1 aliphatic heterocycles. The lowest BCUT2D eigenvalue weighted by atomic mass is 10.2. The number of carbonyl (C=O) groups excluding carboxylic acids is 1. The Hall–Kier alpha value is -1.33. The van der Waals surface area contributed by atoms with Crippen LogP contribution in [0.15, 0.2) is 42.0 Å². The van der Waals surface area contributed by atoms with Gasteiger partial charge in [-0.05, 0) is 23.1 Å². The lowest BCUT2D eigenvalue weighted by Crippen LogP contribution is -2.27. The van der Waals surface area contributed by atoms with Crippen LogP contribution in [0.2, 0.25) is 0 Å². The molecule has 1 unspecified atom stereocenters. The van der Waals surface area contributed by atoms with Gasteiger partial charge < -0.3 is 4.90 Å². The molecule has 0 bridgehead atoms. The Kier molecular flexibility index (Phi) is 3.34. The summed E-state index contributed by atoms with van der Waals surface area (Å²) in [5, 5.41) is 2.22. The molecule has 2 aromatic rings. The van der Waals surface area contributed by atoms with Crippen molar-refractivity contribution < 1.29 is 4.79 Å². The van der Waals surface area contributed by atoms with Gasteiger partial charge in [0.1, 0.15) is 5.37 Å². The van der Waals surface area contributed by atoms with Crippen LogP contribution in [-0.2, 0) is 11.3 Å². The predicted molar refractivity (Wildman–Crippen MR) is 74.3 cm³/mol. The molecule has 0 saturated carbocycles. The van der Waals surface area contributed by atoms with Crippen molar-refractivity contribution in [3.63, 3.8) is 0 Å². The third-order valence-corrected chi connectivity index (χ3v) is 5.14. The van der Waals surface area contributed by atoms with Gasteiger partial charge in [0.2, 0.25) is 5.91 Å². The summed E-state index contributed by atoms with van der Waals surface area (Å²) >= 11 is 3.41. The first-order valence-electron chi connectivity index (χ1n) is 5.68. The summed E-state index contributed by atoms with van der Waals surface area (Å²) in [5.41, 5.74) is 1.08. The van der Waals surface area contributed by atoms with Crippen molar-refractivity contribution in [2.75, 3.05) is 5.75 Å². The molecular formula is C13H12N2OS2. The van der Waals surface area contributed by atoms with Crippen molar-refractivity contribution in [1.29, 1.82) is 0 Å². The maximum absolute atomic E-state index is 12.0. The molecule has 5 heteroatoms. The molecule has 1 saturated heterocycles. The van der Waals surface area contributed by atoms with Crippen LogP contribution in [0.4, 0.5) is 0 Å². The lowest BCUT2D eigenvalue weighted by molar-refractivity contribution is -0.128. The van der Waals surface area contributed by atoms with Gasteiger partial charge in [0.25, 0.3) is 0 Å². The minimum atomic E-state index is 0.165. The fourth-order valence-electron chi connectivity index (χ4n) is 1.98. The third kappa shape index (κ3) is 2.28. The number of rotatable bonds is 3. The van der Waals surface area contributed by atoms with Gasteiger partial charge in [0.15, 0.2) is 0 Å². The van der Waals surface area contributed by atoms with E-state index in [4.69, 9.17) is 0 Å². The van der Waals surface area contributed by atoms with Crippen LogP contribution in [0.25, 0.3) is 0 Å². The number of thiophene rings is 1. The van der Waals surface area contributed by atoms with Gasteiger partial charge in [-0.3, -0.25) is 9.78 Å². The standard InChI is InChI=1S/C13H12N2OS2/c16-12-9-18-13(11-4-2-6-17-11)15(12)8-10-3-1-5-14-7-10/h1-7,13H,8-9H2. The smallest absolute Gasteiger partial charge is 0.234 e. The zero-order valence-corrected chi connectivity index (χ0v) is 11.3. The van der Waals surface area contributed by atoms with E-state index >= 15 is 0 Å². The van der Waals surface area contributed by atoms with Crippen LogP contribution in [0.3, 0.4) is 0 Å². The molecule has 2 aromatic heterocycles. The van der Waals surface area contributed by atoms with Crippen LogP contribution >= 0.6 is 23.1 Å². The molecule has 0 N–H and O–H groups in total. The number of carbonyl (C=O) groups is 1. The Morgan fingerprint density at radius 2 is 2.33 bits per heavy atom. The minimum Gasteiger partial charge on any atom is -0.321 e. The van der Waals surface area contributed by atoms with Crippen LogP contribution in [-0.4, -0.2) is 21.5 Å². The molecule has 3 rings (SSSR count). The molecule has 0 spiro atoms. The molecule has 92 valence electrons. The van der Waals surface area contributed by atoms with E-state index in [1.807, 2.05) is 29.3 Å². The Labute approximate surface area is 114 Å².